The number of piperidine rings is 1. The first-order valence-corrected chi connectivity index (χ1v) is 10.7. The highest BCUT2D eigenvalue weighted by Gasteiger charge is 2.28. The molecule has 0 bridgehead atoms. The van der Waals surface area contributed by atoms with Gasteiger partial charge >= 0.3 is 0 Å². The fraction of sp³-hybridized carbons (Fsp3) is 0.522. The molecule has 1 atom stereocenters. The van der Waals surface area contributed by atoms with Gasteiger partial charge < -0.3 is 19.1 Å². The van der Waals surface area contributed by atoms with Crippen LogP contribution < -0.4 is 15.0 Å². The van der Waals surface area contributed by atoms with Gasteiger partial charge in [-0.1, -0.05) is 6.07 Å². The van der Waals surface area contributed by atoms with Gasteiger partial charge in [-0.2, -0.15) is 5.10 Å². The third-order valence-electron chi connectivity index (χ3n) is 5.70. The van der Waals surface area contributed by atoms with Crippen LogP contribution in [0.4, 0.5) is 0 Å². The van der Waals surface area contributed by atoms with Crippen LogP contribution in [0.3, 0.4) is 0 Å². The number of amides is 1. The molecule has 1 aliphatic rings. The van der Waals surface area contributed by atoms with Gasteiger partial charge in [-0.15, -0.1) is 0 Å². The average Bonchev–Trinajstić information content (AvgIpc) is 2.81. The molecule has 0 aliphatic carbocycles. The molecule has 0 N–H and O–H groups in total. The molecule has 8 heteroatoms. The number of ether oxygens (including phenoxy) is 3. The minimum atomic E-state index is -0.239. The van der Waals surface area contributed by atoms with Crippen LogP contribution in [0.1, 0.15) is 41.7 Å². The van der Waals surface area contributed by atoms with E-state index in [0.717, 1.165) is 37.7 Å². The third kappa shape index (κ3) is 5.64. The number of nitrogens with zero attached hydrogens (tertiary/aromatic N) is 3. The molecular weight excluding hydrogens is 398 g/mol. The maximum absolute atomic E-state index is 13.2. The van der Waals surface area contributed by atoms with E-state index in [9.17, 15) is 9.59 Å². The Hall–Kier alpha value is -2.87. The molecule has 1 aromatic heterocycles. The molecule has 0 spiro atoms. The molecular formula is C23H31N3O5. The molecule has 1 aliphatic heterocycles. The van der Waals surface area contributed by atoms with E-state index in [2.05, 4.69) is 5.10 Å². The first kappa shape index (κ1) is 22.8. The molecule has 2 heterocycles. The van der Waals surface area contributed by atoms with Crippen molar-refractivity contribution >= 4 is 5.91 Å². The highest BCUT2D eigenvalue weighted by molar-refractivity contribution is 5.92. The molecule has 8 nitrogen and oxygen atoms in total. The Balaban J connectivity index is 1.72. The third-order valence-corrected chi connectivity index (χ3v) is 5.70. The molecule has 0 saturated carbocycles. The topological polar surface area (TPSA) is 82.9 Å². The summed E-state index contributed by atoms with van der Waals surface area (Å²) in [6, 6.07) is 8.98. The summed E-state index contributed by atoms with van der Waals surface area (Å²) in [4.78, 5) is 27.1. The largest absolute Gasteiger partial charge is 0.493 e. The lowest BCUT2D eigenvalue weighted by Gasteiger charge is -2.35. The summed E-state index contributed by atoms with van der Waals surface area (Å²) >= 11 is 0. The minimum absolute atomic E-state index is 0.122. The Morgan fingerprint density at radius 3 is 2.65 bits per heavy atom. The van der Waals surface area contributed by atoms with Gasteiger partial charge in [-0.3, -0.25) is 9.59 Å². The Bertz CT molecular complexity index is 943. The molecule has 1 unspecified atom stereocenters. The van der Waals surface area contributed by atoms with Crippen molar-refractivity contribution in [1.82, 2.24) is 14.7 Å². The number of carbonyl (C=O) groups excluding carboxylic acids is 1. The number of benzene rings is 1. The van der Waals surface area contributed by atoms with Gasteiger partial charge in [0.05, 0.1) is 27.4 Å². The van der Waals surface area contributed by atoms with Crippen molar-refractivity contribution in [3.05, 3.63) is 51.9 Å². The molecule has 168 valence electrons. The van der Waals surface area contributed by atoms with Crippen LogP contribution in [-0.4, -0.2) is 61.1 Å². The van der Waals surface area contributed by atoms with E-state index in [-0.39, 0.29) is 17.5 Å². The Morgan fingerprint density at radius 2 is 1.90 bits per heavy atom. The second kappa shape index (κ2) is 10.9. The lowest BCUT2D eigenvalue weighted by molar-refractivity contribution is 0.0592. The van der Waals surface area contributed by atoms with Crippen LogP contribution in [0.15, 0.2) is 35.1 Å². The lowest BCUT2D eigenvalue weighted by atomic mass is 9.95. The van der Waals surface area contributed by atoms with Gasteiger partial charge in [0, 0.05) is 25.8 Å². The molecule has 1 fully saturated rings. The molecule has 0 radical (unpaired) electrons. The van der Waals surface area contributed by atoms with E-state index in [0.29, 0.717) is 36.9 Å². The Kier molecular flexibility index (Phi) is 8.06. The summed E-state index contributed by atoms with van der Waals surface area (Å²) in [6.07, 6.45) is 4.71. The maximum atomic E-state index is 13.2. The average molecular weight is 430 g/mol. The van der Waals surface area contributed by atoms with Gasteiger partial charge in [0.15, 0.2) is 11.5 Å². The van der Waals surface area contributed by atoms with Crippen molar-refractivity contribution < 1.29 is 19.0 Å². The van der Waals surface area contributed by atoms with Gasteiger partial charge in [-0.25, -0.2) is 4.68 Å². The van der Waals surface area contributed by atoms with E-state index < -0.39 is 0 Å². The SMILES string of the molecule is COCCn1nc(C(=O)N2CCCCC2CCc2ccc(OC)c(OC)c2)ccc1=O. The van der Waals surface area contributed by atoms with Crippen molar-refractivity contribution in [3.8, 4) is 11.5 Å². The summed E-state index contributed by atoms with van der Waals surface area (Å²) in [5, 5.41) is 4.28. The number of methoxy groups -OCH3 is 3. The number of carbonyl (C=O) groups is 1. The van der Waals surface area contributed by atoms with Crippen molar-refractivity contribution in [3.63, 3.8) is 0 Å². The quantitative estimate of drug-likeness (QED) is 0.609. The number of aromatic nitrogens is 2. The van der Waals surface area contributed by atoms with Gasteiger partial charge in [0.2, 0.25) is 0 Å². The first-order chi connectivity index (χ1) is 15.1. The zero-order valence-corrected chi connectivity index (χ0v) is 18.5. The number of aryl methyl sites for hydroxylation is 1. The number of rotatable bonds is 9. The Morgan fingerprint density at radius 1 is 1.10 bits per heavy atom. The fourth-order valence-electron chi connectivity index (χ4n) is 3.99. The van der Waals surface area contributed by atoms with Crippen LogP contribution in [-0.2, 0) is 17.7 Å². The number of likely N-dealkylation sites (tertiary alicyclic amines) is 1. The molecule has 1 aromatic carbocycles. The predicted molar refractivity (Wildman–Crippen MR) is 117 cm³/mol. The van der Waals surface area contributed by atoms with Crippen molar-refractivity contribution in [1.29, 1.82) is 0 Å². The summed E-state index contributed by atoms with van der Waals surface area (Å²) in [7, 11) is 4.81. The smallest absolute Gasteiger partial charge is 0.274 e. The summed E-state index contributed by atoms with van der Waals surface area (Å²) < 4.78 is 17.0. The zero-order valence-electron chi connectivity index (χ0n) is 18.5. The predicted octanol–water partition coefficient (Wildman–Crippen LogP) is 2.53. The van der Waals surface area contributed by atoms with Crippen molar-refractivity contribution in [2.75, 3.05) is 34.5 Å². The van der Waals surface area contributed by atoms with Crippen LogP contribution in [0, 0.1) is 0 Å². The molecule has 1 saturated heterocycles. The second-order valence-corrected chi connectivity index (χ2v) is 7.65. The van der Waals surface area contributed by atoms with Crippen LogP contribution in [0.5, 0.6) is 11.5 Å². The normalized spacial score (nSPS) is 16.2. The van der Waals surface area contributed by atoms with E-state index in [1.807, 2.05) is 23.1 Å². The second-order valence-electron chi connectivity index (χ2n) is 7.65. The zero-order chi connectivity index (χ0) is 22.2. The monoisotopic (exact) mass is 429 g/mol. The summed E-state index contributed by atoms with van der Waals surface area (Å²) in [5.74, 6) is 1.29. The maximum Gasteiger partial charge on any atom is 0.274 e. The van der Waals surface area contributed by atoms with Crippen LogP contribution in [0.2, 0.25) is 0 Å². The van der Waals surface area contributed by atoms with Crippen molar-refractivity contribution in [2.45, 2.75) is 44.7 Å². The van der Waals surface area contributed by atoms with Gasteiger partial charge in [0.25, 0.3) is 11.5 Å². The number of hydrogen-bond acceptors (Lipinski definition) is 6. The molecule has 2 aromatic rings. The highest BCUT2D eigenvalue weighted by atomic mass is 16.5. The van der Waals surface area contributed by atoms with Crippen LogP contribution >= 0.6 is 0 Å². The lowest BCUT2D eigenvalue weighted by Crippen LogP contribution is -2.44. The highest BCUT2D eigenvalue weighted by Crippen LogP contribution is 2.29. The van der Waals surface area contributed by atoms with E-state index in [4.69, 9.17) is 14.2 Å². The molecule has 31 heavy (non-hydrogen) atoms. The summed E-state index contributed by atoms with van der Waals surface area (Å²) in [6.45, 7) is 1.38. The minimum Gasteiger partial charge on any atom is -0.493 e. The van der Waals surface area contributed by atoms with Gasteiger partial charge in [-0.05, 0) is 55.9 Å². The van der Waals surface area contributed by atoms with E-state index in [1.165, 1.54) is 16.8 Å². The standard InChI is InChI=1S/C23H31N3O5/c1-29-15-14-26-22(27)12-10-19(24-26)23(28)25-13-5-4-6-18(25)9-7-17-8-11-20(30-2)21(16-17)31-3/h8,10-12,16,18H,4-7,9,13-15H2,1-3H3. The van der Waals surface area contributed by atoms with Gasteiger partial charge in [0.1, 0.15) is 5.69 Å². The van der Waals surface area contributed by atoms with Crippen molar-refractivity contribution in [2.24, 2.45) is 0 Å². The fourth-order valence-corrected chi connectivity index (χ4v) is 3.99. The molecule has 3 rings (SSSR count). The van der Waals surface area contributed by atoms with Crippen LogP contribution in [0.25, 0.3) is 0 Å². The Labute approximate surface area is 182 Å². The van der Waals surface area contributed by atoms with E-state index >= 15 is 0 Å². The molecule has 1 amide bonds. The number of hydrogen-bond donors (Lipinski definition) is 0. The summed E-state index contributed by atoms with van der Waals surface area (Å²) in [5.41, 5.74) is 1.20. The van der Waals surface area contributed by atoms with E-state index in [1.54, 1.807) is 21.3 Å². The first-order valence-electron chi connectivity index (χ1n) is 10.7.